The van der Waals surface area contributed by atoms with Gasteiger partial charge in [-0.15, -0.1) is 16.9 Å². The Morgan fingerprint density at radius 3 is 2.77 bits per heavy atom. The Morgan fingerprint density at radius 2 is 2.13 bits per heavy atom. The number of carbonyl (C=O) groups excluding carboxylic acids is 2. The highest BCUT2D eigenvalue weighted by molar-refractivity contribution is 8.01. The van der Waals surface area contributed by atoms with E-state index >= 15 is 0 Å². The molecular formula is C18H19N7O4S2. The van der Waals surface area contributed by atoms with Crippen molar-refractivity contribution in [3.63, 3.8) is 0 Å². The standard InChI is InChI=1S/C18H19N7O4S2/c1-24-18(21-22-23-24)31-8-10-7-30-16-12(15(27)25(16)13(10)17(28)29)20-14(26)11(19)9-5-3-2-4-6-9/h2-6,11-12,16H,7-8,19H2,1H3,(H,20,26)(H,28,29)/t11?,12?,16-/m0/s1. The lowest BCUT2D eigenvalue weighted by Crippen LogP contribution is -2.71. The van der Waals surface area contributed by atoms with Crippen molar-refractivity contribution in [1.82, 2.24) is 30.4 Å². The Kier molecular flexibility index (Phi) is 5.98. The first-order valence-corrected chi connectivity index (χ1v) is 11.3. The second kappa shape index (κ2) is 8.69. The molecule has 2 unspecified atom stereocenters. The maximum absolute atomic E-state index is 12.8. The van der Waals surface area contributed by atoms with Gasteiger partial charge in [-0.25, -0.2) is 9.48 Å². The van der Waals surface area contributed by atoms with Crippen LogP contribution in [0.15, 0.2) is 46.8 Å². The Bertz CT molecular complexity index is 1060. The number of aromatic nitrogens is 4. The van der Waals surface area contributed by atoms with Gasteiger partial charge in [0, 0.05) is 18.6 Å². The molecular weight excluding hydrogens is 442 g/mol. The van der Waals surface area contributed by atoms with E-state index in [-0.39, 0.29) is 5.70 Å². The molecule has 0 radical (unpaired) electrons. The van der Waals surface area contributed by atoms with E-state index in [2.05, 4.69) is 20.8 Å². The van der Waals surface area contributed by atoms with E-state index < -0.39 is 35.2 Å². The fourth-order valence-corrected chi connectivity index (χ4v) is 5.68. The molecule has 31 heavy (non-hydrogen) atoms. The number of aliphatic carboxylic acids is 1. The largest absolute Gasteiger partial charge is 0.477 e. The van der Waals surface area contributed by atoms with Crippen LogP contribution in [-0.4, -0.2) is 70.9 Å². The van der Waals surface area contributed by atoms with E-state index in [0.29, 0.717) is 27.8 Å². The van der Waals surface area contributed by atoms with E-state index in [0.717, 1.165) is 0 Å². The number of thioether (sulfide) groups is 2. The molecule has 1 fully saturated rings. The number of tetrazole rings is 1. The molecule has 0 saturated carbocycles. The molecule has 0 aliphatic carbocycles. The van der Waals surface area contributed by atoms with Crippen LogP contribution < -0.4 is 11.1 Å². The minimum atomic E-state index is -1.18. The van der Waals surface area contributed by atoms with Gasteiger partial charge in [0.25, 0.3) is 5.91 Å². The number of nitrogens with two attached hydrogens (primary N) is 1. The third-order valence-corrected chi connectivity index (χ3v) is 7.38. The van der Waals surface area contributed by atoms with Crippen LogP contribution in [0.5, 0.6) is 0 Å². The molecule has 1 aromatic heterocycles. The van der Waals surface area contributed by atoms with Crippen LogP contribution in [0, 0.1) is 0 Å². The van der Waals surface area contributed by atoms with Crippen molar-refractivity contribution in [2.45, 2.75) is 22.6 Å². The first-order valence-electron chi connectivity index (χ1n) is 9.24. The van der Waals surface area contributed by atoms with Gasteiger partial charge in [0.2, 0.25) is 11.1 Å². The summed E-state index contributed by atoms with van der Waals surface area (Å²) >= 11 is 2.69. The Hall–Kier alpha value is -2.90. The second-order valence-corrected chi connectivity index (χ2v) is 8.96. The molecule has 13 heteroatoms. The molecule has 0 bridgehead atoms. The quantitative estimate of drug-likeness (QED) is 0.371. The van der Waals surface area contributed by atoms with Crippen LogP contribution in [0.4, 0.5) is 0 Å². The van der Waals surface area contributed by atoms with Crippen molar-refractivity contribution in [2.24, 2.45) is 12.8 Å². The number of fused-ring (bicyclic) bond motifs is 1. The van der Waals surface area contributed by atoms with E-state index in [1.54, 1.807) is 31.3 Å². The maximum Gasteiger partial charge on any atom is 0.352 e. The summed E-state index contributed by atoms with van der Waals surface area (Å²) in [4.78, 5) is 38.5. The monoisotopic (exact) mass is 461 g/mol. The molecule has 4 N–H and O–H groups in total. The van der Waals surface area contributed by atoms with E-state index in [9.17, 15) is 19.5 Å². The van der Waals surface area contributed by atoms with Gasteiger partial charge in [-0.2, -0.15) is 0 Å². The van der Waals surface area contributed by atoms with Gasteiger partial charge in [0.1, 0.15) is 23.2 Å². The average Bonchev–Trinajstić information content (AvgIpc) is 3.19. The van der Waals surface area contributed by atoms with Crippen molar-refractivity contribution in [3.05, 3.63) is 47.2 Å². The number of carboxylic acid groups (broad SMARTS) is 1. The molecule has 162 valence electrons. The molecule has 11 nitrogen and oxygen atoms in total. The SMILES string of the molecule is Cn1nnnc1SCC1=C(C(=O)O)N2C(=O)C(NC(=O)C(N)c3ccccc3)[C@@H]2SC1. The number of amides is 2. The first kappa shape index (κ1) is 21.3. The highest BCUT2D eigenvalue weighted by Crippen LogP contribution is 2.41. The maximum atomic E-state index is 12.8. The van der Waals surface area contributed by atoms with Crippen molar-refractivity contribution in [1.29, 1.82) is 0 Å². The van der Waals surface area contributed by atoms with Gasteiger partial charge < -0.3 is 16.2 Å². The lowest BCUT2D eigenvalue weighted by atomic mass is 10.0. The minimum Gasteiger partial charge on any atom is -0.477 e. The van der Waals surface area contributed by atoms with Crippen molar-refractivity contribution >= 4 is 41.3 Å². The predicted molar refractivity (Wildman–Crippen MR) is 113 cm³/mol. The summed E-state index contributed by atoms with van der Waals surface area (Å²) in [6.45, 7) is 0. The second-order valence-electron chi connectivity index (χ2n) is 6.92. The molecule has 3 heterocycles. The number of nitrogens with one attached hydrogen (secondary N) is 1. The van der Waals surface area contributed by atoms with Crippen molar-refractivity contribution in [3.8, 4) is 0 Å². The molecule has 3 atom stereocenters. The number of hydrogen-bond donors (Lipinski definition) is 3. The first-order chi connectivity index (χ1) is 14.9. The van der Waals surface area contributed by atoms with Gasteiger partial charge in [-0.3, -0.25) is 14.5 Å². The number of nitrogens with zero attached hydrogens (tertiary/aromatic N) is 5. The highest BCUT2D eigenvalue weighted by atomic mass is 32.2. The van der Waals surface area contributed by atoms with Crippen LogP contribution >= 0.6 is 23.5 Å². The van der Waals surface area contributed by atoms with Gasteiger partial charge in [0.05, 0.1) is 0 Å². The summed E-state index contributed by atoms with van der Waals surface area (Å²) in [5.74, 6) is -1.40. The summed E-state index contributed by atoms with van der Waals surface area (Å²) in [6, 6.07) is 7.09. The average molecular weight is 462 g/mol. The number of aryl methyl sites for hydroxylation is 1. The van der Waals surface area contributed by atoms with Crippen molar-refractivity contribution in [2.75, 3.05) is 11.5 Å². The number of rotatable bonds is 7. The summed E-state index contributed by atoms with van der Waals surface area (Å²) in [5, 5.41) is 23.6. The van der Waals surface area contributed by atoms with Crippen LogP contribution in [-0.2, 0) is 21.4 Å². The van der Waals surface area contributed by atoms with Crippen LogP contribution in [0.3, 0.4) is 0 Å². The van der Waals surface area contributed by atoms with Crippen molar-refractivity contribution < 1.29 is 19.5 Å². The zero-order chi connectivity index (χ0) is 22.1. The summed E-state index contributed by atoms with van der Waals surface area (Å²) < 4.78 is 1.49. The highest BCUT2D eigenvalue weighted by Gasteiger charge is 2.54. The molecule has 2 amide bonds. The van der Waals surface area contributed by atoms with E-state index in [1.807, 2.05) is 6.07 Å². The topological polar surface area (TPSA) is 156 Å². The van der Waals surface area contributed by atoms with Gasteiger partial charge in [-0.1, -0.05) is 42.1 Å². The van der Waals surface area contributed by atoms with Gasteiger partial charge in [0.15, 0.2) is 0 Å². The van der Waals surface area contributed by atoms with Crippen LogP contribution in [0.2, 0.25) is 0 Å². The van der Waals surface area contributed by atoms with Crippen LogP contribution in [0.25, 0.3) is 0 Å². The van der Waals surface area contributed by atoms with Gasteiger partial charge in [-0.05, 0) is 21.6 Å². The lowest BCUT2D eigenvalue weighted by molar-refractivity contribution is -0.150. The summed E-state index contributed by atoms with van der Waals surface area (Å²) in [5.41, 5.74) is 7.19. The smallest absolute Gasteiger partial charge is 0.352 e. The molecule has 2 aromatic rings. The third kappa shape index (κ3) is 4.03. The fourth-order valence-electron chi connectivity index (χ4n) is 3.34. The number of carboxylic acids is 1. The Morgan fingerprint density at radius 1 is 1.39 bits per heavy atom. The predicted octanol–water partition coefficient (Wildman–Crippen LogP) is -0.259. The summed E-state index contributed by atoms with van der Waals surface area (Å²) in [6.07, 6.45) is 0. The molecule has 1 saturated heterocycles. The van der Waals surface area contributed by atoms with Gasteiger partial charge >= 0.3 is 5.97 Å². The Balaban J connectivity index is 1.46. The number of β-lactam (4-membered cyclic amide) rings is 1. The molecule has 1 aromatic carbocycles. The third-order valence-electron chi connectivity index (χ3n) is 4.95. The Labute approximate surface area is 185 Å². The molecule has 2 aliphatic heterocycles. The zero-order valence-electron chi connectivity index (χ0n) is 16.3. The van der Waals surface area contributed by atoms with Crippen LogP contribution in [0.1, 0.15) is 11.6 Å². The zero-order valence-corrected chi connectivity index (χ0v) is 18.0. The number of benzene rings is 1. The number of hydrogen-bond acceptors (Lipinski definition) is 9. The summed E-state index contributed by atoms with van der Waals surface area (Å²) in [7, 11) is 1.69. The number of carbonyl (C=O) groups is 3. The lowest BCUT2D eigenvalue weighted by Gasteiger charge is -2.49. The van der Waals surface area contributed by atoms with E-state index in [1.165, 1.54) is 33.1 Å². The van der Waals surface area contributed by atoms with E-state index in [4.69, 9.17) is 5.73 Å². The normalized spacial score (nSPS) is 21.4. The molecule has 0 spiro atoms. The minimum absolute atomic E-state index is 0.0470. The molecule has 2 aliphatic rings. The fraction of sp³-hybridized carbons (Fsp3) is 0.333. The molecule has 4 rings (SSSR count).